The second-order valence-corrected chi connectivity index (χ2v) is 11.6. The number of hydrogen-bond donors (Lipinski definition) is 0. The molecule has 0 fully saturated rings. The Morgan fingerprint density at radius 2 is 1.53 bits per heavy atom. The Hall–Kier alpha value is 1.20. The SMILES string of the molecule is CS[C-]([S+](C)SC)P(=O)(OC(C)C)OC(C)C. The largest absolute Gasteiger partial charge is 0.325 e. The van der Waals surface area contributed by atoms with E-state index in [1.165, 1.54) is 11.8 Å². The van der Waals surface area contributed by atoms with Gasteiger partial charge >= 0.3 is 0 Å². The highest BCUT2D eigenvalue weighted by atomic mass is 33.1. The lowest BCUT2D eigenvalue weighted by Crippen LogP contribution is -2.15. The minimum atomic E-state index is -3.14. The van der Waals surface area contributed by atoms with Gasteiger partial charge in [0.25, 0.3) is 7.60 Å². The van der Waals surface area contributed by atoms with Crippen molar-refractivity contribution < 1.29 is 13.6 Å². The first-order valence-corrected chi connectivity index (χ1v) is 11.5. The molecule has 0 saturated heterocycles. The van der Waals surface area contributed by atoms with Crippen molar-refractivity contribution in [3.8, 4) is 0 Å². The van der Waals surface area contributed by atoms with Crippen molar-refractivity contribution in [3.05, 3.63) is 4.32 Å². The second-order valence-electron chi connectivity index (χ2n) is 3.90. The lowest BCUT2D eigenvalue weighted by molar-refractivity contribution is 0.147. The van der Waals surface area contributed by atoms with Crippen LogP contribution in [0, 0.1) is 4.32 Å². The molecule has 0 saturated carbocycles. The molecule has 0 aliphatic rings. The molecule has 0 amide bonds. The molecule has 17 heavy (non-hydrogen) atoms. The zero-order chi connectivity index (χ0) is 13.6. The monoisotopic (exact) mass is 318 g/mol. The molecule has 0 aliphatic heterocycles. The fourth-order valence-corrected chi connectivity index (χ4v) is 9.35. The van der Waals surface area contributed by atoms with E-state index in [1.807, 2.05) is 40.2 Å². The van der Waals surface area contributed by atoms with E-state index in [4.69, 9.17) is 9.05 Å². The third-order valence-electron chi connectivity index (χ3n) is 1.59. The number of rotatable bonds is 8. The molecule has 7 heteroatoms. The minimum Gasteiger partial charge on any atom is -0.325 e. The average molecular weight is 318 g/mol. The van der Waals surface area contributed by atoms with Crippen molar-refractivity contribution in [1.29, 1.82) is 0 Å². The van der Waals surface area contributed by atoms with Crippen LogP contribution in [0.1, 0.15) is 27.7 Å². The summed E-state index contributed by atoms with van der Waals surface area (Å²) in [7, 11) is -1.60. The van der Waals surface area contributed by atoms with Gasteiger partial charge in [-0.1, -0.05) is 9.93 Å². The Labute approximate surface area is 116 Å². The van der Waals surface area contributed by atoms with Gasteiger partial charge in [-0.3, -0.25) is 16.3 Å². The fourth-order valence-electron chi connectivity index (χ4n) is 1.12. The molecule has 3 nitrogen and oxygen atoms in total. The van der Waals surface area contributed by atoms with Crippen LogP contribution in [0.25, 0.3) is 0 Å². The first-order valence-electron chi connectivity index (χ1n) is 5.35. The van der Waals surface area contributed by atoms with Crippen LogP contribution in [-0.4, -0.2) is 31.0 Å². The van der Waals surface area contributed by atoms with Crippen LogP contribution in [0.5, 0.6) is 0 Å². The zero-order valence-electron chi connectivity index (χ0n) is 11.6. The van der Waals surface area contributed by atoms with Crippen LogP contribution in [0.15, 0.2) is 0 Å². The summed E-state index contributed by atoms with van der Waals surface area (Å²) in [5.41, 5.74) is 0. The smallest absolute Gasteiger partial charge is 0.250 e. The first kappa shape index (κ1) is 18.2. The molecule has 1 unspecified atom stereocenters. The van der Waals surface area contributed by atoms with Crippen LogP contribution >= 0.6 is 30.2 Å². The molecule has 104 valence electrons. The highest BCUT2D eigenvalue weighted by molar-refractivity contribution is 8.77. The Bertz CT molecular complexity index is 247. The second kappa shape index (κ2) is 8.39. The summed E-state index contributed by atoms with van der Waals surface area (Å²) >= 11 is 1.49. The molecule has 0 bridgehead atoms. The summed E-state index contributed by atoms with van der Waals surface area (Å²) in [4.78, 5) is 0. The van der Waals surface area contributed by atoms with Crippen LogP contribution in [0.4, 0.5) is 0 Å². The fraction of sp³-hybridized carbons (Fsp3) is 0.900. The Morgan fingerprint density at radius 3 is 1.76 bits per heavy atom. The van der Waals surface area contributed by atoms with E-state index < -0.39 is 7.60 Å². The molecule has 0 rings (SSSR count). The molecular formula is C10H23O3PS3. The molecule has 0 radical (unpaired) electrons. The lowest BCUT2D eigenvalue weighted by Gasteiger charge is -2.35. The zero-order valence-corrected chi connectivity index (χ0v) is 14.9. The molecule has 0 aromatic heterocycles. The van der Waals surface area contributed by atoms with Crippen LogP contribution < -0.4 is 0 Å². The van der Waals surface area contributed by atoms with E-state index in [-0.39, 0.29) is 22.1 Å². The van der Waals surface area contributed by atoms with E-state index in [1.54, 1.807) is 10.8 Å². The molecule has 0 aromatic carbocycles. The van der Waals surface area contributed by atoms with E-state index in [0.717, 1.165) is 4.32 Å². The third kappa shape index (κ3) is 6.26. The quantitative estimate of drug-likeness (QED) is 0.287. The molecule has 0 N–H and O–H groups in total. The van der Waals surface area contributed by atoms with Gasteiger partial charge in [-0.15, -0.1) is 0 Å². The van der Waals surface area contributed by atoms with Gasteiger partial charge in [0, 0.05) is 6.26 Å². The maximum absolute atomic E-state index is 12.9. The lowest BCUT2D eigenvalue weighted by atomic mass is 10.5. The maximum Gasteiger partial charge on any atom is 0.250 e. The standard InChI is InChI=1S/C10H23O3PS3/c1-8(2)12-14(11,13-9(3)4)10(15-5)17(7)16-6/h8-9H,1-7H3. The average Bonchev–Trinajstić information content (AvgIpc) is 2.15. The molecule has 1 atom stereocenters. The predicted octanol–water partition coefficient (Wildman–Crippen LogP) is 4.37. The summed E-state index contributed by atoms with van der Waals surface area (Å²) in [5.74, 6) is 0. The van der Waals surface area contributed by atoms with Gasteiger partial charge in [-0.05, 0) is 34.0 Å². The van der Waals surface area contributed by atoms with Gasteiger partial charge in [0.05, 0.1) is 33.6 Å². The molecule has 0 heterocycles. The normalized spacial score (nSPS) is 14.9. The highest BCUT2D eigenvalue weighted by Crippen LogP contribution is 2.66. The molecule has 0 aliphatic carbocycles. The minimum absolute atomic E-state index is 0.111. The first-order chi connectivity index (χ1) is 7.76. The van der Waals surface area contributed by atoms with Gasteiger partial charge in [-0.25, -0.2) is 0 Å². The summed E-state index contributed by atoms with van der Waals surface area (Å²) in [6.45, 7) is 7.50. The van der Waals surface area contributed by atoms with Gasteiger partial charge in [0.2, 0.25) is 0 Å². The predicted molar refractivity (Wildman–Crippen MR) is 83.6 cm³/mol. The van der Waals surface area contributed by atoms with Crippen molar-refractivity contribution in [2.45, 2.75) is 39.9 Å². The van der Waals surface area contributed by atoms with Crippen molar-refractivity contribution in [2.24, 2.45) is 0 Å². The Morgan fingerprint density at radius 1 is 1.12 bits per heavy atom. The third-order valence-corrected chi connectivity index (χ3v) is 11.4. The molecule has 0 aromatic rings. The molecular weight excluding hydrogens is 295 g/mol. The Balaban J connectivity index is 5.04. The Kier molecular flexibility index (Phi) is 8.98. The van der Waals surface area contributed by atoms with Crippen molar-refractivity contribution in [1.82, 2.24) is 0 Å². The van der Waals surface area contributed by atoms with Gasteiger partial charge in [-0.2, -0.15) is 0 Å². The summed E-state index contributed by atoms with van der Waals surface area (Å²) in [5, 5.41) is 0. The van der Waals surface area contributed by atoms with E-state index >= 15 is 0 Å². The highest BCUT2D eigenvalue weighted by Gasteiger charge is 2.35. The van der Waals surface area contributed by atoms with Crippen molar-refractivity contribution in [2.75, 3.05) is 18.8 Å². The van der Waals surface area contributed by atoms with Gasteiger partial charge in [0.15, 0.2) is 0 Å². The van der Waals surface area contributed by atoms with Crippen LogP contribution in [0.3, 0.4) is 0 Å². The van der Waals surface area contributed by atoms with Crippen LogP contribution in [0.2, 0.25) is 0 Å². The number of hydrogen-bond acceptors (Lipinski definition) is 5. The van der Waals surface area contributed by atoms with E-state index in [9.17, 15) is 4.57 Å². The topological polar surface area (TPSA) is 35.5 Å². The maximum atomic E-state index is 12.9. The van der Waals surface area contributed by atoms with Crippen LogP contribution in [-0.2, 0) is 23.5 Å². The number of thioether (sulfide) groups is 1. The summed E-state index contributed by atoms with van der Waals surface area (Å²) in [6, 6.07) is 0. The van der Waals surface area contributed by atoms with Gasteiger partial charge in [0.1, 0.15) is 0 Å². The van der Waals surface area contributed by atoms with E-state index in [0.29, 0.717) is 0 Å². The van der Waals surface area contributed by atoms with Gasteiger partial charge < -0.3 is 9.05 Å². The van der Waals surface area contributed by atoms with Crippen molar-refractivity contribution in [3.63, 3.8) is 0 Å². The summed E-state index contributed by atoms with van der Waals surface area (Å²) < 4.78 is 24.9. The van der Waals surface area contributed by atoms with E-state index in [2.05, 4.69) is 6.26 Å². The summed E-state index contributed by atoms with van der Waals surface area (Å²) in [6.07, 6.45) is 5.76. The molecule has 0 spiro atoms. The van der Waals surface area contributed by atoms with Crippen molar-refractivity contribution >= 4 is 40.1 Å².